The first-order valence-electron chi connectivity index (χ1n) is 7.17. The first-order valence-corrected chi connectivity index (χ1v) is 7.17. The lowest BCUT2D eigenvalue weighted by atomic mass is 10.0. The minimum Gasteiger partial charge on any atom is -0.507 e. The molecule has 1 atom stereocenters. The molecule has 1 aliphatic heterocycles. The molecule has 1 aromatic rings. The predicted molar refractivity (Wildman–Crippen MR) is 78.7 cm³/mol. The molecule has 1 aromatic carbocycles. The van der Waals surface area contributed by atoms with Crippen LogP contribution >= 0.6 is 0 Å². The second kappa shape index (κ2) is 6.47. The zero-order valence-corrected chi connectivity index (χ0v) is 12.0. The van der Waals surface area contributed by atoms with Gasteiger partial charge in [-0.15, -0.1) is 0 Å². The minimum atomic E-state index is -1.20. The normalized spacial score (nSPS) is 18.3. The lowest BCUT2D eigenvalue weighted by Gasteiger charge is -2.35. The van der Waals surface area contributed by atoms with Crippen molar-refractivity contribution in [2.75, 3.05) is 11.9 Å². The number of amides is 2. The molecule has 1 fully saturated rings. The molecule has 1 saturated heterocycles. The first-order chi connectivity index (χ1) is 10.0. The van der Waals surface area contributed by atoms with Crippen LogP contribution in [0.2, 0.25) is 0 Å². The monoisotopic (exact) mass is 292 g/mol. The van der Waals surface area contributed by atoms with E-state index in [9.17, 15) is 14.7 Å². The summed E-state index contributed by atoms with van der Waals surface area (Å²) >= 11 is 0. The predicted octanol–water partition coefficient (Wildman–Crippen LogP) is 2.89. The molecule has 114 valence electrons. The number of nitrogens with zero attached hydrogens (tertiary/aromatic N) is 1. The van der Waals surface area contributed by atoms with Gasteiger partial charge in [0, 0.05) is 24.3 Å². The number of piperidine rings is 1. The molecule has 3 N–H and O–H groups in total. The number of aromatic carboxylic acids is 1. The highest BCUT2D eigenvalue weighted by molar-refractivity contribution is 5.94. The van der Waals surface area contributed by atoms with Crippen LogP contribution in [0.25, 0.3) is 0 Å². The number of carbonyl (C=O) groups excluding carboxylic acids is 1. The number of rotatable bonds is 3. The van der Waals surface area contributed by atoms with E-state index in [-0.39, 0.29) is 23.4 Å². The Balaban J connectivity index is 2.08. The number of anilines is 1. The Morgan fingerprint density at radius 3 is 2.76 bits per heavy atom. The number of nitrogens with one attached hydrogen (secondary N) is 1. The SMILES string of the molecule is CCC1CCCCN1C(=O)Nc1ccc(C(=O)O)c(O)c1. The fourth-order valence-corrected chi connectivity index (χ4v) is 2.68. The molecule has 1 aliphatic rings. The van der Waals surface area contributed by atoms with Crippen molar-refractivity contribution in [3.63, 3.8) is 0 Å². The number of urea groups is 1. The first kappa shape index (κ1) is 15.2. The minimum absolute atomic E-state index is 0.183. The van der Waals surface area contributed by atoms with E-state index in [1.807, 2.05) is 4.90 Å². The topological polar surface area (TPSA) is 89.9 Å². The molecule has 1 unspecified atom stereocenters. The van der Waals surface area contributed by atoms with Crippen LogP contribution in [0, 0.1) is 0 Å². The molecule has 2 rings (SSSR count). The quantitative estimate of drug-likeness (QED) is 0.799. The smallest absolute Gasteiger partial charge is 0.339 e. The van der Waals surface area contributed by atoms with E-state index in [0.29, 0.717) is 5.69 Å². The fraction of sp³-hybridized carbons (Fsp3) is 0.467. The van der Waals surface area contributed by atoms with Crippen molar-refractivity contribution in [3.8, 4) is 5.75 Å². The largest absolute Gasteiger partial charge is 0.507 e. The van der Waals surface area contributed by atoms with Gasteiger partial charge in [0.15, 0.2) is 0 Å². The summed E-state index contributed by atoms with van der Waals surface area (Å²) in [6.07, 6.45) is 4.05. The van der Waals surface area contributed by atoms with Crippen LogP contribution in [0.15, 0.2) is 18.2 Å². The molecule has 0 spiro atoms. The third-order valence-corrected chi connectivity index (χ3v) is 3.84. The van der Waals surface area contributed by atoms with Gasteiger partial charge in [-0.25, -0.2) is 9.59 Å². The molecule has 0 aromatic heterocycles. The van der Waals surface area contributed by atoms with Crippen LogP contribution in [0.4, 0.5) is 10.5 Å². The molecule has 2 amide bonds. The van der Waals surface area contributed by atoms with Gasteiger partial charge >= 0.3 is 12.0 Å². The maximum atomic E-state index is 12.3. The highest BCUT2D eigenvalue weighted by Crippen LogP contribution is 2.24. The van der Waals surface area contributed by atoms with E-state index in [0.717, 1.165) is 32.2 Å². The van der Waals surface area contributed by atoms with E-state index < -0.39 is 5.97 Å². The summed E-state index contributed by atoms with van der Waals surface area (Å²) in [5.74, 6) is -1.56. The second-order valence-electron chi connectivity index (χ2n) is 5.22. The molecule has 1 heterocycles. The Bertz CT molecular complexity index is 544. The molecule has 0 aliphatic carbocycles. The van der Waals surface area contributed by atoms with E-state index in [4.69, 9.17) is 5.11 Å². The number of carboxylic acid groups (broad SMARTS) is 1. The van der Waals surface area contributed by atoms with Crippen molar-refractivity contribution in [2.45, 2.75) is 38.6 Å². The standard InChI is InChI=1S/C15H20N2O4/c1-2-11-5-3-4-8-17(11)15(21)16-10-6-7-12(14(19)20)13(18)9-10/h6-7,9,11,18H,2-5,8H2,1H3,(H,16,21)(H,19,20). The maximum absolute atomic E-state index is 12.3. The van der Waals surface area contributed by atoms with Crippen molar-refractivity contribution in [1.82, 2.24) is 4.90 Å². The van der Waals surface area contributed by atoms with E-state index >= 15 is 0 Å². The van der Waals surface area contributed by atoms with Gasteiger partial charge < -0.3 is 20.4 Å². The Morgan fingerprint density at radius 2 is 2.14 bits per heavy atom. The zero-order chi connectivity index (χ0) is 15.4. The van der Waals surface area contributed by atoms with Crippen LogP contribution in [0.5, 0.6) is 5.75 Å². The lowest BCUT2D eigenvalue weighted by molar-refractivity contribution is 0.0694. The third kappa shape index (κ3) is 3.45. The Labute approximate surface area is 123 Å². The molecule has 6 heteroatoms. The van der Waals surface area contributed by atoms with E-state index in [2.05, 4.69) is 12.2 Å². The Hall–Kier alpha value is -2.24. The van der Waals surface area contributed by atoms with Crippen LogP contribution < -0.4 is 5.32 Å². The summed E-state index contributed by atoms with van der Waals surface area (Å²) < 4.78 is 0. The van der Waals surface area contributed by atoms with E-state index in [1.165, 1.54) is 18.2 Å². The lowest BCUT2D eigenvalue weighted by Crippen LogP contribution is -2.45. The zero-order valence-electron chi connectivity index (χ0n) is 12.0. The summed E-state index contributed by atoms with van der Waals surface area (Å²) in [5, 5.41) is 21.2. The van der Waals surface area contributed by atoms with Crippen LogP contribution in [-0.4, -0.2) is 39.7 Å². The second-order valence-corrected chi connectivity index (χ2v) is 5.22. The van der Waals surface area contributed by atoms with E-state index in [1.54, 1.807) is 0 Å². The number of benzene rings is 1. The Morgan fingerprint density at radius 1 is 1.38 bits per heavy atom. The summed E-state index contributed by atoms with van der Waals surface area (Å²) in [6, 6.07) is 4.05. The highest BCUT2D eigenvalue weighted by atomic mass is 16.4. The number of hydrogen-bond acceptors (Lipinski definition) is 3. The van der Waals surface area contributed by atoms with Gasteiger partial charge in [0.25, 0.3) is 0 Å². The van der Waals surface area contributed by atoms with Crippen LogP contribution in [-0.2, 0) is 0 Å². The van der Waals surface area contributed by atoms with Gasteiger partial charge in [0.05, 0.1) is 0 Å². The van der Waals surface area contributed by atoms with Crippen molar-refractivity contribution in [2.24, 2.45) is 0 Å². The van der Waals surface area contributed by atoms with Crippen molar-refractivity contribution >= 4 is 17.7 Å². The van der Waals surface area contributed by atoms with Crippen molar-refractivity contribution < 1.29 is 19.8 Å². The van der Waals surface area contributed by atoms with Gasteiger partial charge in [0.2, 0.25) is 0 Å². The van der Waals surface area contributed by atoms with Gasteiger partial charge in [-0.05, 0) is 37.8 Å². The number of carboxylic acids is 1. The summed E-state index contributed by atoms with van der Waals surface area (Å²) in [4.78, 5) is 24.9. The summed E-state index contributed by atoms with van der Waals surface area (Å²) in [6.45, 7) is 2.79. The molecule has 0 saturated carbocycles. The number of aromatic hydroxyl groups is 1. The maximum Gasteiger partial charge on any atom is 0.339 e. The summed E-state index contributed by atoms with van der Waals surface area (Å²) in [5.41, 5.74) is 0.209. The third-order valence-electron chi connectivity index (χ3n) is 3.84. The average molecular weight is 292 g/mol. The molecule has 21 heavy (non-hydrogen) atoms. The van der Waals surface area contributed by atoms with Gasteiger partial charge in [0.1, 0.15) is 11.3 Å². The molecule has 6 nitrogen and oxygen atoms in total. The van der Waals surface area contributed by atoms with Gasteiger partial charge in [-0.2, -0.15) is 0 Å². The van der Waals surface area contributed by atoms with Gasteiger partial charge in [-0.3, -0.25) is 0 Å². The number of phenols is 1. The van der Waals surface area contributed by atoms with Gasteiger partial charge in [-0.1, -0.05) is 6.92 Å². The van der Waals surface area contributed by atoms with Crippen molar-refractivity contribution in [3.05, 3.63) is 23.8 Å². The van der Waals surface area contributed by atoms with Crippen LogP contribution in [0.3, 0.4) is 0 Å². The molecule has 0 bridgehead atoms. The molecule has 0 radical (unpaired) electrons. The number of likely N-dealkylation sites (tertiary alicyclic amines) is 1. The summed E-state index contributed by atoms with van der Waals surface area (Å²) in [7, 11) is 0. The molecular weight excluding hydrogens is 272 g/mol. The van der Waals surface area contributed by atoms with Crippen LogP contribution in [0.1, 0.15) is 43.0 Å². The highest BCUT2D eigenvalue weighted by Gasteiger charge is 2.25. The fourth-order valence-electron chi connectivity index (χ4n) is 2.68. The number of carbonyl (C=O) groups is 2. The van der Waals surface area contributed by atoms with Crippen molar-refractivity contribution in [1.29, 1.82) is 0 Å². The Kier molecular flexibility index (Phi) is 4.67. The number of hydrogen-bond donors (Lipinski definition) is 3. The molecular formula is C15H20N2O4. The average Bonchev–Trinajstić information content (AvgIpc) is 2.46.